The van der Waals surface area contributed by atoms with Gasteiger partial charge in [-0.2, -0.15) is 24.4 Å². The van der Waals surface area contributed by atoms with Gasteiger partial charge in [-0.15, -0.1) is 0 Å². The number of aliphatic carboxylic acids is 1. The molecule has 0 aromatic rings. The molecule has 1 rings (SSSR count). The van der Waals surface area contributed by atoms with E-state index in [1.54, 1.807) is 11.8 Å². The number of nitrogens with zero attached hydrogens (tertiary/aromatic N) is 1. The van der Waals surface area contributed by atoms with Gasteiger partial charge in [0.15, 0.2) is 0 Å². The Morgan fingerprint density at radius 1 is 1.62 bits per heavy atom. The summed E-state index contributed by atoms with van der Waals surface area (Å²) in [6.45, 7) is 0.576. The molecule has 0 spiro atoms. The predicted octanol–water partition coefficient (Wildman–Crippen LogP) is 1.46. The van der Waals surface area contributed by atoms with E-state index in [0.29, 0.717) is 25.8 Å². The van der Waals surface area contributed by atoms with E-state index >= 15 is 0 Å². The lowest BCUT2D eigenvalue weighted by molar-refractivity contribution is -0.148. The van der Waals surface area contributed by atoms with Gasteiger partial charge in [0, 0.05) is 17.5 Å². The van der Waals surface area contributed by atoms with Crippen LogP contribution in [0.15, 0.2) is 0 Å². The maximum atomic E-state index is 11.8. The number of carbonyl (C=O) groups is 2. The molecule has 0 radical (unpaired) electrons. The second kappa shape index (κ2) is 6.39. The Bertz CT molecular complexity index is 273. The molecule has 1 saturated heterocycles. The minimum Gasteiger partial charge on any atom is -0.480 e. The molecule has 0 aromatic carbocycles. The molecule has 0 bridgehead atoms. The van der Waals surface area contributed by atoms with Crippen molar-refractivity contribution in [1.29, 1.82) is 0 Å². The minimum absolute atomic E-state index is 0.0574. The first-order valence-electron chi connectivity index (χ1n) is 5.29. The molecule has 0 aliphatic carbocycles. The smallest absolute Gasteiger partial charge is 0.326 e. The highest BCUT2D eigenvalue weighted by atomic mass is 32.2. The molecule has 1 amide bonds. The van der Waals surface area contributed by atoms with Crippen molar-refractivity contribution in [3.05, 3.63) is 0 Å². The topological polar surface area (TPSA) is 57.6 Å². The van der Waals surface area contributed by atoms with Gasteiger partial charge in [-0.1, -0.05) is 0 Å². The van der Waals surface area contributed by atoms with Crippen LogP contribution in [0, 0.1) is 0 Å². The van der Waals surface area contributed by atoms with E-state index in [9.17, 15) is 9.59 Å². The van der Waals surface area contributed by atoms with Crippen LogP contribution >= 0.6 is 24.4 Å². The second-order valence-electron chi connectivity index (χ2n) is 3.81. The normalized spacial score (nSPS) is 22.1. The number of carboxylic acid groups (broad SMARTS) is 1. The molecule has 1 unspecified atom stereocenters. The van der Waals surface area contributed by atoms with Gasteiger partial charge >= 0.3 is 5.97 Å². The zero-order chi connectivity index (χ0) is 12.1. The molecule has 4 nitrogen and oxygen atoms in total. The number of hydrogen-bond acceptors (Lipinski definition) is 4. The predicted molar refractivity (Wildman–Crippen MR) is 67.9 cm³/mol. The van der Waals surface area contributed by atoms with Gasteiger partial charge in [-0.25, -0.2) is 4.79 Å². The number of hydrogen-bond donors (Lipinski definition) is 2. The van der Waals surface area contributed by atoms with Crippen LogP contribution in [0.3, 0.4) is 0 Å². The maximum Gasteiger partial charge on any atom is 0.326 e. The average molecular weight is 263 g/mol. The van der Waals surface area contributed by atoms with Gasteiger partial charge in [0.2, 0.25) is 5.91 Å². The van der Waals surface area contributed by atoms with Crippen molar-refractivity contribution in [1.82, 2.24) is 4.90 Å². The summed E-state index contributed by atoms with van der Waals surface area (Å²) >= 11 is 5.88. The molecule has 92 valence electrons. The Kier molecular flexibility index (Phi) is 5.48. The van der Waals surface area contributed by atoms with Crippen molar-refractivity contribution < 1.29 is 14.7 Å². The van der Waals surface area contributed by atoms with E-state index in [0.717, 1.165) is 6.42 Å². The maximum absolute atomic E-state index is 11.8. The fourth-order valence-electron chi connectivity index (χ4n) is 1.83. The Labute approximate surface area is 105 Å². The number of likely N-dealkylation sites (tertiary alicyclic amines) is 1. The molecular weight excluding hydrogens is 246 g/mol. The van der Waals surface area contributed by atoms with Crippen molar-refractivity contribution in [2.45, 2.75) is 36.3 Å². The Morgan fingerprint density at radius 2 is 2.31 bits per heavy atom. The number of thiol groups is 1. The summed E-state index contributed by atoms with van der Waals surface area (Å²) in [7, 11) is 0. The third-order valence-corrected chi connectivity index (χ3v) is 4.41. The van der Waals surface area contributed by atoms with E-state index in [1.165, 1.54) is 4.90 Å². The lowest BCUT2D eigenvalue weighted by Crippen LogP contribution is -2.40. The summed E-state index contributed by atoms with van der Waals surface area (Å²) in [6.07, 6.45) is 4.38. The van der Waals surface area contributed by atoms with Crippen LogP contribution < -0.4 is 0 Å². The van der Waals surface area contributed by atoms with Gasteiger partial charge in [0.05, 0.1) is 0 Å². The first kappa shape index (κ1) is 13.7. The van der Waals surface area contributed by atoms with Crippen LogP contribution in [0.25, 0.3) is 0 Å². The van der Waals surface area contributed by atoms with E-state index < -0.39 is 12.0 Å². The van der Waals surface area contributed by atoms with E-state index in [4.69, 9.17) is 5.11 Å². The number of rotatable bonds is 5. The third-order valence-electron chi connectivity index (χ3n) is 2.74. The highest BCUT2D eigenvalue weighted by Crippen LogP contribution is 2.21. The zero-order valence-corrected chi connectivity index (χ0v) is 11.0. The largest absolute Gasteiger partial charge is 0.480 e. The summed E-state index contributed by atoms with van der Waals surface area (Å²) in [6, 6.07) is -0.611. The van der Waals surface area contributed by atoms with Crippen molar-refractivity contribution in [2.75, 3.05) is 12.8 Å². The highest BCUT2D eigenvalue weighted by Gasteiger charge is 2.33. The summed E-state index contributed by atoms with van der Waals surface area (Å²) in [4.78, 5) is 24.2. The lowest BCUT2D eigenvalue weighted by atomic mass is 10.2. The number of amides is 1. The summed E-state index contributed by atoms with van der Waals surface area (Å²) in [5, 5.41) is 8.94. The van der Waals surface area contributed by atoms with Gasteiger partial charge in [0.25, 0.3) is 0 Å². The summed E-state index contributed by atoms with van der Waals surface area (Å²) in [5.41, 5.74) is 0. The zero-order valence-electron chi connectivity index (χ0n) is 9.26. The van der Waals surface area contributed by atoms with Gasteiger partial charge < -0.3 is 10.0 Å². The summed E-state index contributed by atoms with van der Waals surface area (Å²) in [5.74, 6) is -0.948. The van der Waals surface area contributed by atoms with E-state index in [-0.39, 0.29) is 10.5 Å². The minimum atomic E-state index is -0.891. The van der Waals surface area contributed by atoms with Crippen LogP contribution in [0.2, 0.25) is 0 Å². The Balaban J connectivity index is 2.44. The van der Waals surface area contributed by atoms with E-state index in [2.05, 4.69) is 12.6 Å². The molecule has 0 aromatic heterocycles. The third kappa shape index (κ3) is 3.59. The second-order valence-corrected chi connectivity index (χ2v) is 5.83. The number of thioether (sulfide) groups is 1. The highest BCUT2D eigenvalue weighted by molar-refractivity contribution is 8.09. The van der Waals surface area contributed by atoms with Crippen molar-refractivity contribution >= 4 is 36.3 Å². The Hall–Kier alpha value is -0.360. The lowest BCUT2D eigenvalue weighted by Gasteiger charge is -2.21. The van der Waals surface area contributed by atoms with Crippen LogP contribution in [-0.2, 0) is 9.59 Å². The molecular formula is C10H17NO3S2. The van der Waals surface area contributed by atoms with Crippen LogP contribution in [0.1, 0.15) is 25.7 Å². The standard InChI is InChI=1S/C10H17NO3S2/c1-16-9(15)5-4-8(12)11-6-2-3-7(11)10(13)14/h7,9,15H,2-6H2,1H3,(H,13,14)/t7-,9?/m0/s1. The molecule has 1 aliphatic rings. The van der Waals surface area contributed by atoms with Gasteiger partial charge in [-0.05, 0) is 25.5 Å². The molecule has 1 fully saturated rings. The monoisotopic (exact) mass is 263 g/mol. The number of carboxylic acids is 1. The van der Waals surface area contributed by atoms with Gasteiger partial charge in [-0.3, -0.25) is 4.79 Å². The molecule has 6 heteroatoms. The van der Waals surface area contributed by atoms with Crippen LogP contribution in [0.4, 0.5) is 0 Å². The van der Waals surface area contributed by atoms with Crippen molar-refractivity contribution in [3.63, 3.8) is 0 Å². The SMILES string of the molecule is CSC(S)CCC(=O)N1CCC[C@H]1C(=O)O. The quantitative estimate of drug-likeness (QED) is 0.582. The average Bonchev–Trinajstić information content (AvgIpc) is 2.74. The van der Waals surface area contributed by atoms with E-state index in [1.807, 2.05) is 6.26 Å². The fraction of sp³-hybridized carbons (Fsp3) is 0.800. The van der Waals surface area contributed by atoms with Crippen molar-refractivity contribution in [3.8, 4) is 0 Å². The van der Waals surface area contributed by atoms with Gasteiger partial charge in [0.1, 0.15) is 6.04 Å². The van der Waals surface area contributed by atoms with Crippen LogP contribution in [0.5, 0.6) is 0 Å². The molecule has 1 heterocycles. The fourth-order valence-corrected chi connectivity index (χ4v) is 2.31. The molecule has 1 aliphatic heterocycles. The molecule has 1 N–H and O–H groups in total. The Morgan fingerprint density at radius 3 is 2.88 bits per heavy atom. The van der Waals surface area contributed by atoms with Crippen molar-refractivity contribution in [2.24, 2.45) is 0 Å². The first-order chi connectivity index (χ1) is 7.56. The number of carbonyl (C=O) groups excluding carboxylic acids is 1. The molecule has 0 saturated carbocycles. The molecule has 2 atom stereocenters. The molecule has 16 heavy (non-hydrogen) atoms. The summed E-state index contributed by atoms with van der Waals surface area (Å²) < 4.78 is 0.148. The first-order valence-corrected chi connectivity index (χ1v) is 7.10. The van der Waals surface area contributed by atoms with Crippen LogP contribution in [-0.4, -0.2) is 45.3 Å².